The zero-order chi connectivity index (χ0) is 26.4. The molecule has 6 rings (SSSR count). The van der Waals surface area contributed by atoms with Gasteiger partial charge in [0, 0.05) is 17.3 Å². The molecule has 0 fully saturated rings. The largest absolute Gasteiger partial charge is 0.356 e. The summed E-state index contributed by atoms with van der Waals surface area (Å²) >= 11 is 0. The Labute approximate surface area is 230 Å². The van der Waals surface area contributed by atoms with Gasteiger partial charge in [0.1, 0.15) is 0 Å². The van der Waals surface area contributed by atoms with Crippen molar-refractivity contribution in [1.29, 1.82) is 0 Å². The smallest absolute Gasteiger partial charge is 0.0390 e. The van der Waals surface area contributed by atoms with E-state index in [1.54, 1.807) is 0 Å². The van der Waals surface area contributed by atoms with E-state index in [0.717, 1.165) is 17.8 Å². The lowest BCUT2D eigenvalue weighted by Gasteiger charge is -2.13. The number of hydrogen-bond donors (Lipinski definition) is 1. The molecule has 0 aliphatic rings. The lowest BCUT2D eigenvalue weighted by atomic mass is 9.93. The number of hydrogen-bond acceptors (Lipinski definition) is 1. The lowest BCUT2D eigenvalue weighted by molar-refractivity contribution is 0.868. The summed E-state index contributed by atoms with van der Waals surface area (Å²) < 4.78 is 0. The van der Waals surface area contributed by atoms with Gasteiger partial charge in [-0.2, -0.15) is 0 Å². The summed E-state index contributed by atoms with van der Waals surface area (Å²) in [6.07, 6.45) is 7.39. The van der Waals surface area contributed by atoms with Gasteiger partial charge in [0.25, 0.3) is 0 Å². The topological polar surface area (TPSA) is 12.0 Å². The number of fused-ring (bicyclic) bond motifs is 3. The third-order valence-corrected chi connectivity index (χ3v) is 7.35. The van der Waals surface area contributed by atoms with Crippen LogP contribution in [-0.4, -0.2) is 0 Å². The molecule has 0 aliphatic heterocycles. The van der Waals surface area contributed by atoms with Crippen LogP contribution in [0.1, 0.15) is 23.5 Å². The van der Waals surface area contributed by atoms with Crippen molar-refractivity contribution in [2.45, 2.75) is 12.3 Å². The maximum absolute atomic E-state index is 4.03. The number of allylic oxidation sites excluding steroid dienone is 2. The maximum atomic E-state index is 4.03. The van der Waals surface area contributed by atoms with E-state index in [-0.39, 0.29) is 0 Å². The quantitative estimate of drug-likeness (QED) is 0.161. The van der Waals surface area contributed by atoms with E-state index in [1.807, 2.05) is 6.08 Å². The van der Waals surface area contributed by atoms with Crippen LogP contribution in [0.25, 0.3) is 38.7 Å². The van der Waals surface area contributed by atoms with E-state index in [2.05, 4.69) is 158 Å². The molecule has 0 heterocycles. The Morgan fingerprint density at radius 2 is 1.33 bits per heavy atom. The van der Waals surface area contributed by atoms with Crippen LogP contribution in [0.5, 0.6) is 0 Å². The standard InChI is InChI=1S/C38H31N/c1-2-29(30-13-4-3-5-14-30)16-10-12-28-22-24-33(25-23-28)39-34-18-11-17-31(26-34)38-27-32-15-6-7-19-35(32)36-20-8-9-21-37(36)38/h2-15,17-27,29,39H,1,16H2/b12-10+. The van der Waals surface area contributed by atoms with Gasteiger partial charge in [-0.15, -0.1) is 6.58 Å². The minimum atomic E-state index is 0.329. The Hall–Kier alpha value is -4.88. The van der Waals surface area contributed by atoms with Crippen LogP contribution in [0.2, 0.25) is 0 Å². The predicted molar refractivity (Wildman–Crippen MR) is 170 cm³/mol. The first-order valence-corrected chi connectivity index (χ1v) is 13.5. The van der Waals surface area contributed by atoms with Gasteiger partial charge in [-0.25, -0.2) is 0 Å². The van der Waals surface area contributed by atoms with Crippen molar-refractivity contribution in [3.05, 3.63) is 163 Å². The van der Waals surface area contributed by atoms with Gasteiger partial charge < -0.3 is 5.32 Å². The molecule has 1 nitrogen and oxygen atoms in total. The SMILES string of the molecule is C=CC(C/C=C/c1ccc(Nc2cccc(-c3cc4ccccc4c4ccccc34)c2)cc1)c1ccccc1. The summed E-state index contributed by atoms with van der Waals surface area (Å²) in [5.74, 6) is 0.329. The van der Waals surface area contributed by atoms with Gasteiger partial charge in [-0.1, -0.05) is 121 Å². The van der Waals surface area contributed by atoms with Gasteiger partial charge >= 0.3 is 0 Å². The van der Waals surface area contributed by atoms with Crippen LogP contribution in [-0.2, 0) is 0 Å². The highest BCUT2D eigenvalue weighted by Crippen LogP contribution is 2.36. The highest BCUT2D eigenvalue weighted by Gasteiger charge is 2.09. The van der Waals surface area contributed by atoms with E-state index >= 15 is 0 Å². The molecule has 1 atom stereocenters. The molecule has 0 saturated heterocycles. The molecule has 0 bridgehead atoms. The van der Waals surface area contributed by atoms with Crippen molar-refractivity contribution < 1.29 is 0 Å². The van der Waals surface area contributed by atoms with E-state index in [4.69, 9.17) is 0 Å². The van der Waals surface area contributed by atoms with E-state index in [1.165, 1.54) is 43.8 Å². The molecule has 6 aromatic rings. The average Bonchev–Trinajstić information content (AvgIpc) is 3.00. The molecule has 0 aromatic heterocycles. The molecule has 1 N–H and O–H groups in total. The molecular weight excluding hydrogens is 470 g/mol. The van der Waals surface area contributed by atoms with Crippen molar-refractivity contribution in [3.63, 3.8) is 0 Å². The van der Waals surface area contributed by atoms with Crippen molar-refractivity contribution >= 4 is 39.0 Å². The summed E-state index contributed by atoms with van der Waals surface area (Å²) in [6, 6.07) is 47.5. The Morgan fingerprint density at radius 1 is 0.615 bits per heavy atom. The van der Waals surface area contributed by atoms with Crippen LogP contribution < -0.4 is 5.32 Å². The summed E-state index contributed by atoms with van der Waals surface area (Å²) in [4.78, 5) is 0. The third kappa shape index (κ3) is 5.39. The summed E-state index contributed by atoms with van der Waals surface area (Å²) in [6.45, 7) is 4.03. The van der Waals surface area contributed by atoms with E-state index in [9.17, 15) is 0 Å². The zero-order valence-corrected chi connectivity index (χ0v) is 21.9. The Bertz CT molecular complexity index is 1760. The lowest BCUT2D eigenvalue weighted by Crippen LogP contribution is -1.92. The molecule has 1 heteroatoms. The Balaban J connectivity index is 1.20. The fraction of sp³-hybridized carbons (Fsp3) is 0.0526. The maximum Gasteiger partial charge on any atom is 0.0390 e. The van der Waals surface area contributed by atoms with Crippen molar-refractivity contribution in [2.24, 2.45) is 0 Å². The second-order valence-corrected chi connectivity index (χ2v) is 9.91. The minimum Gasteiger partial charge on any atom is -0.356 e. The first-order valence-electron chi connectivity index (χ1n) is 13.5. The Morgan fingerprint density at radius 3 is 2.13 bits per heavy atom. The van der Waals surface area contributed by atoms with Gasteiger partial charge in [-0.05, 0) is 80.6 Å². The third-order valence-electron chi connectivity index (χ3n) is 7.35. The fourth-order valence-corrected chi connectivity index (χ4v) is 5.32. The molecule has 39 heavy (non-hydrogen) atoms. The molecule has 1 unspecified atom stereocenters. The second-order valence-electron chi connectivity index (χ2n) is 9.91. The molecule has 0 spiro atoms. The summed E-state index contributed by atoms with van der Waals surface area (Å²) in [7, 11) is 0. The summed E-state index contributed by atoms with van der Waals surface area (Å²) in [5.41, 5.74) is 7.09. The van der Waals surface area contributed by atoms with Gasteiger partial charge in [0.15, 0.2) is 0 Å². The van der Waals surface area contributed by atoms with Gasteiger partial charge in [0.2, 0.25) is 0 Å². The van der Waals surface area contributed by atoms with Crippen LogP contribution in [0.3, 0.4) is 0 Å². The molecule has 0 aliphatic carbocycles. The number of benzene rings is 6. The average molecular weight is 502 g/mol. The van der Waals surface area contributed by atoms with E-state index < -0.39 is 0 Å². The van der Waals surface area contributed by atoms with Crippen LogP contribution in [0, 0.1) is 0 Å². The normalized spacial score (nSPS) is 12.1. The zero-order valence-electron chi connectivity index (χ0n) is 21.9. The predicted octanol–water partition coefficient (Wildman–Crippen LogP) is 10.8. The molecule has 0 amide bonds. The Kier molecular flexibility index (Phi) is 7.05. The fourth-order valence-electron chi connectivity index (χ4n) is 5.32. The van der Waals surface area contributed by atoms with Gasteiger partial charge in [0.05, 0.1) is 0 Å². The molecule has 0 radical (unpaired) electrons. The minimum absolute atomic E-state index is 0.329. The molecule has 6 aromatic carbocycles. The van der Waals surface area contributed by atoms with Crippen molar-refractivity contribution in [1.82, 2.24) is 0 Å². The molecule has 188 valence electrons. The second kappa shape index (κ2) is 11.2. The molecule has 0 saturated carbocycles. The van der Waals surface area contributed by atoms with Crippen LogP contribution >= 0.6 is 0 Å². The summed E-state index contributed by atoms with van der Waals surface area (Å²) in [5, 5.41) is 8.71. The number of nitrogens with one attached hydrogen (secondary N) is 1. The number of anilines is 2. The van der Waals surface area contributed by atoms with Crippen molar-refractivity contribution in [2.75, 3.05) is 5.32 Å². The monoisotopic (exact) mass is 501 g/mol. The van der Waals surface area contributed by atoms with Crippen LogP contribution in [0.15, 0.2) is 152 Å². The van der Waals surface area contributed by atoms with Gasteiger partial charge in [-0.3, -0.25) is 0 Å². The molecular formula is C38H31N. The highest BCUT2D eigenvalue weighted by molar-refractivity contribution is 6.13. The number of rotatable bonds is 8. The highest BCUT2D eigenvalue weighted by atomic mass is 14.9. The van der Waals surface area contributed by atoms with Crippen molar-refractivity contribution in [3.8, 4) is 11.1 Å². The first kappa shape index (κ1) is 24.5. The van der Waals surface area contributed by atoms with Crippen LogP contribution in [0.4, 0.5) is 11.4 Å². The van der Waals surface area contributed by atoms with E-state index in [0.29, 0.717) is 5.92 Å². The first-order chi connectivity index (χ1) is 19.3.